The Hall–Kier alpha value is 0. The maximum absolute atomic E-state index is 8.27. The first kappa shape index (κ1) is 1.94. The molecular weight excluding hydrogens is 240 g/mol. The van der Waals surface area contributed by atoms with Crippen molar-refractivity contribution in [3.63, 3.8) is 0 Å². The molecule has 0 heterocycles. The zero-order chi connectivity index (χ0) is 52.0. The van der Waals surface area contributed by atoms with Gasteiger partial charge in [0.05, 0.1) is 0 Å². The van der Waals surface area contributed by atoms with Gasteiger partial charge in [-0.1, -0.05) is 128 Å². The Kier molecular flexibility index (Phi) is 1.84. The molecule has 0 aromatic carbocycles. The van der Waals surface area contributed by atoms with Crippen LogP contribution in [0.3, 0.4) is 0 Å². The van der Waals surface area contributed by atoms with Crippen molar-refractivity contribution in [3.8, 4) is 0 Å². The van der Waals surface area contributed by atoms with Crippen LogP contribution in [0, 0.1) is 0 Å². The SMILES string of the molecule is [2H]C([2H])([2H])C([2H])([2H])C([2H])([2H])C([2H])([2H])C([2H])([2H])C([2H])([2H])C([2H])([2H])C([2H])([2H])C([2H])([2H])C([2H])([2H])C([2H])([2H])C([2H])([2H])C([2H])([2H])C([2H])([2H])C([2H])([2H])C([2H])([2H])C([2H])([2H])C([2H])([2H])C([2H])([2H])C([2H])([2H])[2H]. The summed E-state index contributed by atoms with van der Waals surface area (Å²) < 4.78 is 335. The zero-order valence-electron chi connectivity index (χ0n) is 52.0. The van der Waals surface area contributed by atoms with Gasteiger partial charge in [-0.15, -0.1) is 0 Å². The molecule has 0 aliphatic rings. The summed E-state index contributed by atoms with van der Waals surface area (Å²) in [5, 5.41) is 0. The van der Waals surface area contributed by atoms with Gasteiger partial charge in [-0.05, 0) is 0 Å². The van der Waals surface area contributed by atoms with E-state index in [-0.39, 0.29) is 0 Å². The summed E-state index contributed by atoms with van der Waals surface area (Å²) in [6, 6.07) is 0. The van der Waals surface area contributed by atoms with Crippen LogP contribution in [-0.2, 0) is 0 Å². The molecule has 0 aliphatic heterocycles. The molecule has 0 aromatic rings. The second kappa shape index (κ2) is 19.0. The predicted molar refractivity (Wildman–Crippen MR) is 94.5 cm³/mol. The molecule has 0 fully saturated rings. The summed E-state index contributed by atoms with van der Waals surface area (Å²) in [7, 11) is 0. The smallest absolute Gasteiger partial charge is 0.0267 e. The lowest BCUT2D eigenvalue weighted by molar-refractivity contribution is 0.526. The number of hydrogen-bond acceptors (Lipinski definition) is 0. The summed E-state index contributed by atoms with van der Waals surface area (Å²) in [4.78, 5) is 0. The van der Waals surface area contributed by atoms with Crippen molar-refractivity contribution in [1.29, 1.82) is 0 Å². The highest BCUT2D eigenvalue weighted by molar-refractivity contribution is 4.49. The average molecular weight is 325 g/mol. The third kappa shape index (κ3) is 18.0. The minimum atomic E-state index is -5.35. The first-order valence-corrected chi connectivity index (χ1v) is 4.75. The molecule has 0 spiro atoms. The molecule has 0 bridgehead atoms. The first-order chi connectivity index (χ1) is 25.8. The van der Waals surface area contributed by atoms with Crippen molar-refractivity contribution in [2.24, 2.45) is 0 Å². The van der Waals surface area contributed by atoms with E-state index in [1.54, 1.807) is 0 Å². The maximum Gasteiger partial charge on any atom is 0.0267 e. The van der Waals surface area contributed by atoms with Gasteiger partial charge in [-0.25, -0.2) is 0 Å². The van der Waals surface area contributed by atoms with Crippen LogP contribution in [0.15, 0.2) is 0 Å². The minimum absolute atomic E-state index is 4.18. The molecule has 0 N–H and O–H groups in total. The molecule has 0 amide bonds. The van der Waals surface area contributed by atoms with Crippen molar-refractivity contribution >= 4 is 0 Å². The van der Waals surface area contributed by atoms with E-state index in [0.717, 1.165) is 0 Å². The largest absolute Gasteiger partial charge is 0.0654 e. The molecule has 0 unspecified atom stereocenters. The van der Waals surface area contributed by atoms with Gasteiger partial charge in [-0.2, -0.15) is 0 Å². The molecule has 0 rings (SSSR count). The van der Waals surface area contributed by atoms with E-state index >= 15 is 0 Å². The maximum atomic E-state index is 8.27. The van der Waals surface area contributed by atoms with Gasteiger partial charge in [0, 0.05) is 57.6 Å². The Morgan fingerprint density at radius 2 is 0.600 bits per heavy atom. The van der Waals surface area contributed by atoms with Gasteiger partial charge >= 0.3 is 0 Å². The van der Waals surface area contributed by atoms with Crippen LogP contribution in [0.1, 0.15) is 186 Å². The van der Waals surface area contributed by atoms with Crippen molar-refractivity contribution in [2.45, 2.75) is 128 Å². The summed E-state index contributed by atoms with van der Waals surface area (Å²) in [5.41, 5.74) is 0. The van der Waals surface area contributed by atoms with Crippen LogP contribution in [0.25, 0.3) is 0 Å². The molecule has 0 heteroatoms. The Labute approximate surface area is 189 Å². The Morgan fingerprint density at radius 1 is 0.400 bits per heavy atom. The van der Waals surface area contributed by atoms with Crippen LogP contribution in [0.4, 0.5) is 0 Å². The van der Waals surface area contributed by atoms with Gasteiger partial charge in [-0.3, -0.25) is 0 Å². The van der Waals surface area contributed by atoms with Crippen LogP contribution >= 0.6 is 0 Å². The van der Waals surface area contributed by atoms with Gasteiger partial charge in [0.15, 0.2) is 0 Å². The van der Waals surface area contributed by atoms with E-state index in [2.05, 4.69) is 0 Å². The highest BCUT2D eigenvalue weighted by Gasteiger charge is 1.94. The van der Waals surface area contributed by atoms with Crippen molar-refractivity contribution in [1.82, 2.24) is 0 Å². The summed E-state index contributed by atoms with van der Waals surface area (Å²) in [5.74, 6) is 0. The van der Waals surface area contributed by atoms with Gasteiger partial charge in [0.25, 0.3) is 0 Å². The predicted octanol–water partition coefficient (Wildman–Crippen LogP) is 8.05. The summed E-state index contributed by atoms with van der Waals surface area (Å²) in [6.45, 7) is -8.37. The minimum Gasteiger partial charge on any atom is -0.0654 e. The first-order valence-electron chi connectivity index (χ1n) is 25.8. The Balaban J connectivity index is 7.98. The summed E-state index contributed by atoms with van der Waals surface area (Å²) in [6.07, 6.45) is -91.4. The standard InChI is InChI=1S/C20H42/c1-3-5-7-9-11-13-15-17-19-20-18-16-14-12-10-8-6-4-2/h3-20H2,1-2H3/i1D3,2D3,3D2,4D2,5D2,6D2,7D2,8D2,9D2,10D2,11D2,12D2,13D2,14D2,15D2,16D2,17D2,18D2,19D2,20D2. The Bertz CT molecular complexity index is 1500. The average Bonchev–Trinajstić information content (AvgIpc) is 3.01. The van der Waals surface area contributed by atoms with E-state index < -0.39 is 128 Å². The lowest BCUT2D eigenvalue weighted by Crippen LogP contribution is -1.83. The second-order valence-corrected chi connectivity index (χ2v) is 2.25. The van der Waals surface area contributed by atoms with Crippen LogP contribution in [0.5, 0.6) is 0 Å². The van der Waals surface area contributed by atoms with Gasteiger partial charge < -0.3 is 0 Å². The van der Waals surface area contributed by atoms with Gasteiger partial charge in [0.2, 0.25) is 0 Å². The van der Waals surface area contributed by atoms with E-state index in [1.165, 1.54) is 0 Å². The topological polar surface area (TPSA) is 0 Å². The molecular formula is C20H42. The molecule has 0 aliphatic carbocycles. The molecule has 0 nitrogen and oxygen atoms in total. The molecule has 20 heavy (non-hydrogen) atoms. The van der Waals surface area contributed by atoms with Crippen molar-refractivity contribution < 1.29 is 57.6 Å². The molecule has 0 saturated heterocycles. The van der Waals surface area contributed by atoms with Crippen LogP contribution in [0.2, 0.25) is 0 Å². The van der Waals surface area contributed by atoms with Crippen LogP contribution < -0.4 is 0 Å². The van der Waals surface area contributed by atoms with Crippen LogP contribution in [-0.4, -0.2) is 0 Å². The van der Waals surface area contributed by atoms with Crippen molar-refractivity contribution in [3.05, 3.63) is 0 Å². The fraction of sp³-hybridized carbons (Fsp3) is 1.00. The fourth-order valence-corrected chi connectivity index (χ4v) is 0.500. The lowest BCUT2D eigenvalue weighted by atomic mass is 10.0. The lowest BCUT2D eigenvalue weighted by Gasteiger charge is -2.03. The monoisotopic (exact) mass is 325 g/mol. The molecule has 0 saturated carbocycles. The molecule has 0 radical (unpaired) electrons. The van der Waals surface area contributed by atoms with E-state index in [4.69, 9.17) is 57.6 Å². The summed E-state index contributed by atoms with van der Waals surface area (Å²) >= 11 is 0. The van der Waals surface area contributed by atoms with E-state index in [1.807, 2.05) is 0 Å². The second-order valence-electron chi connectivity index (χ2n) is 2.25. The highest BCUT2D eigenvalue weighted by Crippen LogP contribution is 2.14. The normalized spacial score (nSPS) is 56.4. The number of hydrogen-bond donors (Lipinski definition) is 0. The van der Waals surface area contributed by atoms with Crippen molar-refractivity contribution in [2.75, 3.05) is 0 Å². The highest BCUT2D eigenvalue weighted by atomic mass is 14.0. The van der Waals surface area contributed by atoms with Gasteiger partial charge in [0.1, 0.15) is 0 Å². The zero-order valence-corrected chi connectivity index (χ0v) is 10.0. The fourth-order valence-electron chi connectivity index (χ4n) is 0.500. The molecule has 122 valence electrons. The van der Waals surface area contributed by atoms with E-state index in [9.17, 15) is 0 Å². The number of rotatable bonds is 17. The molecule has 0 atom stereocenters. The molecule has 0 aromatic heterocycles. The van der Waals surface area contributed by atoms with E-state index in [0.29, 0.717) is 0 Å². The third-order valence-corrected chi connectivity index (χ3v) is 1.06. The third-order valence-electron chi connectivity index (χ3n) is 1.06. The Morgan fingerprint density at radius 3 is 0.800 bits per heavy atom. The quantitative estimate of drug-likeness (QED) is 0.254.